The van der Waals surface area contributed by atoms with E-state index >= 15 is 0 Å². The zero-order valence-corrected chi connectivity index (χ0v) is 9.18. The van der Waals surface area contributed by atoms with Crippen LogP contribution in [0.3, 0.4) is 0 Å². The quantitative estimate of drug-likeness (QED) is 0.709. The number of aromatic nitrogens is 1. The Labute approximate surface area is 88.1 Å². The lowest BCUT2D eigenvalue weighted by Crippen LogP contribution is -2.01. The molecule has 14 heavy (non-hydrogen) atoms. The fourth-order valence-corrected chi connectivity index (χ4v) is 1.25. The molecule has 0 aliphatic heterocycles. The number of hydrogen-bond donors (Lipinski definition) is 0. The van der Waals surface area contributed by atoms with Crippen LogP contribution in [-0.2, 0) is 16.1 Å². The summed E-state index contributed by atoms with van der Waals surface area (Å²) in [5, 5.41) is 0.624. The highest BCUT2D eigenvalue weighted by Crippen LogP contribution is 2.22. The number of ether oxygens (including phenoxy) is 1. The fraction of sp³-hybridized carbons (Fsp3) is 0.400. The van der Waals surface area contributed by atoms with Crippen LogP contribution in [0.2, 0.25) is 5.02 Å². The first-order chi connectivity index (χ1) is 6.52. The van der Waals surface area contributed by atoms with E-state index in [0.717, 1.165) is 16.8 Å². The lowest BCUT2D eigenvalue weighted by atomic mass is 10.2. The molecule has 0 saturated carbocycles. The van der Waals surface area contributed by atoms with Gasteiger partial charge in [-0.3, -0.25) is 9.78 Å². The lowest BCUT2D eigenvalue weighted by Gasteiger charge is -2.08. The predicted octanol–water partition coefficient (Wildman–Crippen LogP) is 2.41. The summed E-state index contributed by atoms with van der Waals surface area (Å²) in [5.74, 6) is -0.320. The van der Waals surface area contributed by atoms with Gasteiger partial charge in [0.2, 0.25) is 0 Å². The Morgan fingerprint density at radius 3 is 2.79 bits per heavy atom. The largest absolute Gasteiger partial charge is 0.461 e. The van der Waals surface area contributed by atoms with E-state index in [-0.39, 0.29) is 12.6 Å². The Morgan fingerprint density at radius 2 is 2.21 bits per heavy atom. The van der Waals surface area contributed by atoms with Gasteiger partial charge < -0.3 is 4.74 Å². The second-order valence-corrected chi connectivity index (χ2v) is 3.47. The van der Waals surface area contributed by atoms with Crippen molar-refractivity contribution in [3.8, 4) is 0 Å². The second-order valence-electron chi connectivity index (χ2n) is 3.09. The molecular formula is C10H12ClNO2. The molecular weight excluding hydrogens is 202 g/mol. The Bertz CT molecular complexity index is 363. The van der Waals surface area contributed by atoms with E-state index in [4.69, 9.17) is 16.3 Å². The SMILES string of the molecule is CC(=O)OCc1cnc(C)c(C)c1Cl. The van der Waals surface area contributed by atoms with Crippen molar-refractivity contribution in [2.24, 2.45) is 0 Å². The Hall–Kier alpha value is -1.09. The van der Waals surface area contributed by atoms with Gasteiger partial charge in [-0.15, -0.1) is 0 Å². The molecule has 1 heterocycles. The maximum Gasteiger partial charge on any atom is 0.302 e. The Morgan fingerprint density at radius 1 is 1.57 bits per heavy atom. The molecule has 0 aliphatic rings. The van der Waals surface area contributed by atoms with Crippen molar-refractivity contribution >= 4 is 17.6 Å². The maximum absolute atomic E-state index is 10.6. The highest BCUT2D eigenvalue weighted by atomic mass is 35.5. The third-order valence-electron chi connectivity index (χ3n) is 2.00. The minimum Gasteiger partial charge on any atom is -0.461 e. The normalized spacial score (nSPS) is 10.0. The molecule has 76 valence electrons. The number of carbonyl (C=O) groups is 1. The molecule has 0 unspecified atom stereocenters. The summed E-state index contributed by atoms with van der Waals surface area (Å²) in [7, 11) is 0. The van der Waals surface area contributed by atoms with E-state index in [1.807, 2.05) is 13.8 Å². The van der Waals surface area contributed by atoms with E-state index in [1.165, 1.54) is 6.92 Å². The number of hydrogen-bond acceptors (Lipinski definition) is 3. The van der Waals surface area contributed by atoms with Crippen molar-refractivity contribution in [3.05, 3.63) is 28.0 Å². The highest BCUT2D eigenvalue weighted by molar-refractivity contribution is 6.32. The van der Waals surface area contributed by atoms with Crippen molar-refractivity contribution in [2.75, 3.05) is 0 Å². The number of esters is 1. The third-order valence-corrected chi connectivity index (χ3v) is 2.53. The summed E-state index contributed by atoms with van der Waals surface area (Å²) in [6.07, 6.45) is 1.63. The highest BCUT2D eigenvalue weighted by Gasteiger charge is 2.07. The summed E-state index contributed by atoms with van der Waals surface area (Å²) < 4.78 is 4.84. The molecule has 0 aliphatic carbocycles. The van der Waals surface area contributed by atoms with Crippen molar-refractivity contribution in [1.82, 2.24) is 4.98 Å². The van der Waals surface area contributed by atoms with Gasteiger partial charge in [-0.2, -0.15) is 0 Å². The summed E-state index contributed by atoms with van der Waals surface area (Å²) >= 11 is 6.05. The first-order valence-electron chi connectivity index (χ1n) is 4.26. The summed E-state index contributed by atoms with van der Waals surface area (Å²) in [5.41, 5.74) is 2.56. The van der Waals surface area contributed by atoms with Crippen molar-refractivity contribution in [1.29, 1.82) is 0 Å². The van der Waals surface area contributed by atoms with Crippen LogP contribution >= 0.6 is 11.6 Å². The summed E-state index contributed by atoms with van der Waals surface area (Å²) in [4.78, 5) is 14.7. The Kier molecular flexibility index (Phi) is 3.47. The van der Waals surface area contributed by atoms with Gasteiger partial charge in [0.05, 0.1) is 5.02 Å². The molecule has 0 N–H and O–H groups in total. The van der Waals surface area contributed by atoms with Gasteiger partial charge in [-0.25, -0.2) is 0 Å². The summed E-state index contributed by atoms with van der Waals surface area (Å²) in [6, 6.07) is 0. The topological polar surface area (TPSA) is 39.2 Å². The van der Waals surface area contributed by atoms with Crippen molar-refractivity contribution in [3.63, 3.8) is 0 Å². The summed E-state index contributed by atoms with van der Waals surface area (Å²) in [6.45, 7) is 5.32. The minimum absolute atomic E-state index is 0.183. The number of rotatable bonds is 2. The zero-order chi connectivity index (χ0) is 10.7. The van der Waals surface area contributed by atoms with Gasteiger partial charge in [0.25, 0.3) is 0 Å². The average Bonchev–Trinajstić information content (AvgIpc) is 2.13. The van der Waals surface area contributed by atoms with E-state index in [2.05, 4.69) is 4.98 Å². The van der Waals surface area contributed by atoms with E-state index < -0.39 is 0 Å². The lowest BCUT2D eigenvalue weighted by molar-refractivity contribution is -0.142. The van der Waals surface area contributed by atoms with Crippen LogP contribution in [0.5, 0.6) is 0 Å². The molecule has 0 saturated heterocycles. The molecule has 1 aromatic heterocycles. The Balaban J connectivity index is 2.88. The van der Waals surface area contributed by atoms with Crippen LogP contribution in [0.1, 0.15) is 23.7 Å². The second kappa shape index (κ2) is 4.42. The molecule has 0 fully saturated rings. The molecule has 0 bridgehead atoms. The molecule has 3 nitrogen and oxygen atoms in total. The van der Waals surface area contributed by atoms with Gasteiger partial charge in [0, 0.05) is 24.4 Å². The van der Waals surface area contributed by atoms with Gasteiger partial charge in [0.1, 0.15) is 6.61 Å². The monoisotopic (exact) mass is 213 g/mol. The van der Waals surface area contributed by atoms with Gasteiger partial charge in [-0.05, 0) is 19.4 Å². The predicted molar refractivity (Wildman–Crippen MR) is 54.2 cm³/mol. The van der Waals surface area contributed by atoms with Crippen LogP contribution < -0.4 is 0 Å². The van der Waals surface area contributed by atoms with Gasteiger partial charge >= 0.3 is 5.97 Å². The number of halogens is 1. The molecule has 0 atom stereocenters. The standard InChI is InChI=1S/C10H12ClNO2/c1-6-7(2)12-4-9(10(6)11)5-14-8(3)13/h4H,5H2,1-3H3. The molecule has 0 radical (unpaired) electrons. The average molecular weight is 214 g/mol. The number of pyridine rings is 1. The van der Waals surface area contributed by atoms with Crippen LogP contribution in [0, 0.1) is 13.8 Å². The number of nitrogens with zero attached hydrogens (tertiary/aromatic N) is 1. The van der Waals surface area contributed by atoms with Crippen molar-refractivity contribution < 1.29 is 9.53 Å². The molecule has 4 heteroatoms. The van der Waals surface area contributed by atoms with Crippen molar-refractivity contribution in [2.45, 2.75) is 27.4 Å². The first-order valence-corrected chi connectivity index (χ1v) is 4.64. The molecule has 0 aromatic carbocycles. The number of aryl methyl sites for hydroxylation is 1. The minimum atomic E-state index is -0.320. The van der Waals surface area contributed by atoms with Crippen LogP contribution in [0.25, 0.3) is 0 Å². The van der Waals surface area contributed by atoms with Gasteiger partial charge in [-0.1, -0.05) is 11.6 Å². The molecule has 1 aromatic rings. The van der Waals surface area contributed by atoms with E-state index in [9.17, 15) is 4.79 Å². The molecule has 1 rings (SSSR count). The maximum atomic E-state index is 10.6. The third kappa shape index (κ3) is 2.45. The number of carbonyl (C=O) groups excluding carboxylic acids is 1. The van der Waals surface area contributed by atoms with Gasteiger partial charge in [0.15, 0.2) is 0 Å². The zero-order valence-electron chi connectivity index (χ0n) is 8.43. The van der Waals surface area contributed by atoms with Crippen LogP contribution in [0.15, 0.2) is 6.20 Å². The van der Waals surface area contributed by atoms with E-state index in [0.29, 0.717) is 5.02 Å². The molecule has 0 spiro atoms. The van der Waals surface area contributed by atoms with E-state index in [1.54, 1.807) is 6.20 Å². The van der Waals surface area contributed by atoms with Crippen LogP contribution in [-0.4, -0.2) is 11.0 Å². The fourth-order valence-electron chi connectivity index (χ4n) is 1.01. The first kappa shape index (κ1) is 11.0. The van der Waals surface area contributed by atoms with Crippen LogP contribution in [0.4, 0.5) is 0 Å². The molecule has 0 amide bonds. The smallest absolute Gasteiger partial charge is 0.302 e.